The molecule has 1 aromatic rings. The van der Waals surface area contributed by atoms with Gasteiger partial charge in [-0.15, -0.1) is 0 Å². The minimum Gasteiger partial charge on any atom is -0.741 e. The minimum absolute atomic E-state index is 0.127. The van der Waals surface area contributed by atoms with Crippen LogP contribution in [0.5, 0.6) is 5.75 Å². The number of hydrogen-bond acceptors (Lipinski definition) is 7. The minimum atomic E-state index is -6.09. The van der Waals surface area contributed by atoms with Gasteiger partial charge in [0.1, 0.15) is 18.3 Å². The van der Waals surface area contributed by atoms with Crippen LogP contribution in [0.15, 0.2) is 24.7 Å². The highest BCUT2D eigenvalue weighted by molar-refractivity contribution is 7.86. The molecule has 0 aromatic carbocycles. The second kappa shape index (κ2) is 9.84. The number of pyridine rings is 1. The van der Waals surface area contributed by atoms with Crippen LogP contribution in [-0.2, 0) is 26.0 Å². The van der Waals surface area contributed by atoms with Gasteiger partial charge in [-0.3, -0.25) is 0 Å². The molecule has 4 aliphatic heterocycles. The van der Waals surface area contributed by atoms with E-state index in [9.17, 15) is 18.3 Å². The van der Waals surface area contributed by atoms with Crippen molar-refractivity contribution in [1.82, 2.24) is 4.98 Å². The van der Waals surface area contributed by atoms with E-state index in [0.29, 0.717) is 5.69 Å². The van der Waals surface area contributed by atoms with Gasteiger partial charge in [0.05, 0.1) is 26.2 Å². The van der Waals surface area contributed by atoms with Crippen molar-refractivity contribution in [2.75, 3.05) is 26.2 Å². The average molecular weight is 481 g/mol. The maximum absolute atomic E-state index is 10.7. The molecule has 0 amide bonds. The molecule has 180 valence electrons. The first-order valence-corrected chi connectivity index (χ1v) is 11.9. The zero-order valence-electron chi connectivity index (χ0n) is 17.5. The highest BCUT2D eigenvalue weighted by atomic mass is 32.2. The Hall–Kier alpha value is -2.05. The maximum Gasteiger partial charge on any atom is 0.485 e. The number of hydrogen-bond donors (Lipinski definition) is 1. The Morgan fingerprint density at radius 2 is 1.66 bits per heavy atom. The summed E-state index contributed by atoms with van der Waals surface area (Å²) in [6.07, 6.45) is 10.0. The first kappa shape index (κ1) is 24.6. The molecular formula is C20H27F3N2O6S. The van der Waals surface area contributed by atoms with Gasteiger partial charge in [0.2, 0.25) is 0 Å². The molecule has 0 unspecified atom stereocenters. The number of ether oxygens (including phenoxy) is 2. The number of halogens is 3. The largest absolute Gasteiger partial charge is 0.741 e. The number of aromatic nitrogens is 1. The highest BCUT2D eigenvalue weighted by Gasteiger charge is 2.39. The molecule has 0 atom stereocenters. The van der Waals surface area contributed by atoms with E-state index in [2.05, 4.69) is 4.98 Å². The van der Waals surface area contributed by atoms with Gasteiger partial charge in [0.15, 0.2) is 15.8 Å². The molecule has 0 radical (unpaired) electrons. The molecule has 8 nitrogen and oxygen atoms in total. The van der Waals surface area contributed by atoms with Crippen molar-refractivity contribution in [3.63, 3.8) is 0 Å². The number of quaternary nitrogens is 1. The van der Waals surface area contributed by atoms with Crippen LogP contribution in [0.3, 0.4) is 0 Å². The number of unbranched alkanes of at least 4 members (excludes halogenated alkanes) is 1. The molecule has 4 aliphatic rings. The van der Waals surface area contributed by atoms with Gasteiger partial charge in [0.25, 0.3) is 6.29 Å². The van der Waals surface area contributed by atoms with E-state index in [1.54, 1.807) is 6.07 Å². The normalized spacial score (nSPS) is 25.1. The second-order valence-electron chi connectivity index (χ2n) is 8.41. The van der Waals surface area contributed by atoms with Crippen LogP contribution in [-0.4, -0.2) is 59.2 Å². The van der Waals surface area contributed by atoms with Gasteiger partial charge < -0.3 is 23.6 Å². The van der Waals surface area contributed by atoms with Gasteiger partial charge >= 0.3 is 5.51 Å². The number of alkyl halides is 3. The molecule has 5 rings (SSSR count). The van der Waals surface area contributed by atoms with Gasteiger partial charge in [0, 0.05) is 5.69 Å². The fourth-order valence-corrected chi connectivity index (χ4v) is 4.42. The van der Waals surface area contributed by atoms with Crippen LogP contribution < -0.4 is 0 Å². The first-order chi connectivity index (χ1) is 15.0. The summed E-state index contributed by atoms with van der Waals surface area (Å²) >= 11 is 0. The molecule has 0 aliphatic carbocycles. The van der Waals surface area contributed by atoms with E-state index in [1.807, 2.05) is 6.07 Å². The van der Waals surface area contributed by atoms with Crippen molar-refractivity contribution in [3.8, 4) is 5.75 Å². The maximum atomic E-state index is 10.7. The Morgan fingerprint density at radius 1 is 1.09 bits per heavy atom. The summed E-state index contributed by atoms with van der Waals surface area (Å²) in [6.45, 7) is 5.51. The topological polar surface area (TPSA) is 109 Å². The van der Waals surface area contributed by atoms with Gasteiger partial charge in [-0.05, 0) is 56.6 Å². The average Bonchev–Trinajstić information content (AvgIpc) is 3.27. The Labute approximate surface area is 185 Å². The third-order valence-electron chi connectivity index (χ3n) is 6.28. The van der Waals surface area contributed by atoms with E-state index < -0.39 is 21.9 Å². The molecule has 3 fully saturated rings. The molecule has 2 bridgehead atoms. The Morgan fingerprint density at radius 3 is 2.19 bits per heavy atom. The summed E-state index contributed by atoms with van der Waals surface area (Å²) in [6, 6.07) is 3.60. The van der Waals surface area contributed by atoms with Gasteiger partial charge in [-0.1, -0.05) is 0 Å². The predicted molar refractivity (Wildman–Crippen MR) is 106 cm³/mol. The van der Waals surface area contributed by atoms with E-state index in [4.69, 9.17) is 22.4 Å². The Kier molecular flexibility index (Phi) is 7.56. The van der Waals surface area contributed by atoms with Crippen LogP contribution >= 0.6 is 0 Å². The lowest BCUT2D eigenvalue weighted by Gasteiger charge is -2.49. The van der Waals surface area contributed by atoms with E-state index in [-0.39, 0.29) is 5.75 Å². The fourth-order valence-electron chi connectivity index (χ4n) is 4.42. The summed E-state index contributed by atoms with van der Waals surface area (Å²) in [5.41, 5.74) is -4.18. The van der Waals surface area contributed by atoms with Crippen LogP contribution in [0.2, 0.25) is 0 Å². The molecule has 0 spiro atoms. The zero-order chi connectivity index (χ0) is 23.4. The summed E-state index contributed by atoms with van der Waals surface area (Å²) < 4.78 is 70.8. The van der Waals surface area contributed by atoms with Crippen LogP contribution in [0.4, 0.5) is 13.2 Å². The Bertz CT molecular complexity index is 893. The second-order valence-corrected chi connectivity index (χ2v) is 9.78. The van der Waals surface area contributed by atoms with Crippen LogP contribution in [0, 0.1) is 5.92 Å². The van der Waals surface area contributed by atoms with Gasteiger partial charge in [-0.25, -0.2) is 13.4 Å². The van der Waals surface area contributed by atoms with Crippen molar-refractivity contribution in [1.29, 1.82) is 0 Å². The van der Waals surface area contributed by atoms with Crippen LogP contribution in [0.1, 0.15) is 49.8 Å². The monoisotopic (exact) mass is 480 g/mol. The molecule has 12 heteroatoms. The van der Waals surface area contributed by atoms with E-state index >= 15 is 0 Å². The lowest BCUT2D eigenvalue weighted by atomic mass is 9.85. The van der Waals surface area contributed by atoms with E-state index in [1.165, 1.54) is 68.9 Å². The lowest BCUT2D eigenvalue weighted by molar-refractivity contribution is -0.942. The highest BCUT2D eigenvalue weighted by Crippen LogP contribution is 2.34. The third-order valence-corrected chi connectivity index (χ3v) is 6.84. The third kappa shape index (κ3) is 6.26. The van der Waals surface area contributed by atoms with Crippen molar-refractivity contribution in [2.24, 2.45) is 5.92 Å². The molecule has 1 N–H and O–H groups in total. The number of rotatable bonds is 6. The smallest absolute Gasteiger partial charge is 0.485 e. The number of fused-ring (bicyclic) bond motifs is 3. The standard InChI is InChI=1S/C19H26N2O3.CHF3O3S/c22-17-5-4-16(20-18(17)19-23-13-14-24-19)3-1-2-9-21-10-6-15(7-11-21)8-12-21;2-1(3,4)8(5,6)7/h4-5,13-15,19H,1-3,6-12H2;(H,5,6,7). The lowest BCUT2D eigenvalue weighted by Crippen LogP contribution is -2.58. The molecule has 5 heterocycles. The van der Waals surface area contributed by atoms with Crippen molar-refractivity contribution >= 4 is 10.1 Å². The number of nitrogens with zero attached hydrogens (tertiary/aromatic N) is 2. The zero-order valence-corrected chi connectivity index (χ0v) is 18.3. The summed E-state index contributed by atoms with van der Waals surface area (Å²) in [5.74, 6) is 1.15. The SMILES string of the molecule is O=S(=O)([O-])C(F)(F)F.Oc1ccc(CCCC[N+]23CCC(CC2)CC3)nc1C1OC=CO1. The van der Waals surface area contributed by atoms with Crippen molar-refractivity contribution in [2.45, 2.75) is 50.3 Å². The molecule has 32 heavy (non-hydrogen) atoms. The van der Waals surface area contributed by atoms with Crippen LogP contribution in [0.25, 0.3) is 0 Å². The van der Waals surface area contributed by atoms with Crippen molar-refractivity contribution < 1.29 is 45.2 Å². The number of aromatic hydroxyl groups is 1. The summed E-state index contributed by atoms with van der Waals surface area (Å²) in [4.78, 5) is 4.54. The predicted octanol–water partition coefficient (Wildman–Crippen LogP) is 3.31. The molecular weight excluding hydrogens is 453 g/mol. The van der Waals surface area contributed by atoms with Gasteiger partial charge in [-0.2, -0.15) is 13.2 Å². The number of piperidine rings is 3. The summed E-state index contributed by atoms with van der Waals surface area (Å²) in [5, 5.41) is 9.95. The molecule has 0 saturated carbocycles. The fraction of sp³-hybridized carbons (Fsp3) is 0.650. The summed E-state index contributed by atoms with van der Waals surface area (Å²) in [7, 11) is -6.09. The number of aryl methyl sites for hydroxylation is 1. The quantitative estimate of drug-likeness (QED) is 0.288. The Balaban J connectivity index is 0.000000312. The molecule has 3 saturated heterocycles. The van der Waals surface area contributed by atoms with E-state index in [0.717, 1.165) is 24.5 Å². The first-order valence-electron chi connectivity index (χ1n) is 10.5. The van der Waals surface area contributed by atoms with Crippen molar-refractivity contribution in [3.05, 3.63) is 36.0 Å². The molecule has 1 aromatic heterocycles.